The Kier molecular flexibility index (Phi) is 7.94. The van der Waals surface area contributed by atoms with Crippen LogP contribution >= 0.6 is 0 Å². The van der Waals surface area contributed by atoms with Crippen molar-refractivity contribution in [3.05, 3.63) is 59.9 Å². The topological polar surface area (TPSA) is 74.8 Å². The molecule has 2 aromatic rings. The van der Waals surface area contributed by atoms with E-state index in [4.69, 9.17) is 4.74 Å². The zero-order valence-corrected chi connectivity index (χ0v) is 19.4. The molecule has 2 fully saturated rings. The van der Waals surface area contributed by atoms with E-state index in [1.807, 2.05) is 47.5 Å². The van der Waals surface area contributed by atoms with Gasteiger partial charge in [0.1, 0.15) is 11.9 Å². The highest BCUT2D eigenvalue weighted by molar-refractivity contribution is 5.94. The van der Waals surface area contributed by atoms with Crippen LogP contribution in [0.5, 0.6) is 5.75 Å². The molecule has 2 aliphatic rings. The molecule has 2 aliphatic heterocycles. The van der Waals surface area contributed by atoms with E-state index in [9.17, 15) is 9.59 Å². The van der Waals surface area contributed by atoms with Gasteiger partial charge >= 0.3 is 0 Å². The molecule has 1 atom stereocenters. The lowest BCUT2D eigenvalue weighted by atomic mass is 9.97. The predicted molar refractivity (Wildman–Crippen MR) is 127 cm³/mol. The second kappa shape index (κ2) is 11.3. The summed E-state index contributed by atoms with van der Waals surface area (Å²) in [6.07, 6.45) is 6.01. The fourth-order valence-corrected chi connectivity index (χ4v) is 4.66. The van der Waals surface area contributed by atoms with Gasteiger partial charge in [0.25, 0.3) is 5.91 Å². The summed E-state index contributed by atoms with van der Waals surface area (Å²) in [6, 6.07) is 13.6. The Morgan fingerprint density at radius 2 is 1.85 bits per heavy atom. The van der Waals surface area contributed by atoms with E-state index in [-0.39, 0.29) is 17.9 Å². The third-order valence-electron chi connectivity index (χ3n) is 6.50. The molecule has 3 heterocycles. The number of amides is 2. The molecule has 1 N–H and O–H groups in total. The maximum Gasteiger partial charge on any atom is 0.253 e. The van der Waals surface area contributed by atoms with Crippen LogP contribution in [-0.4, -0.2) is 65.4 Å². The Hall–Kier alpha value is -2.93. The van der Waals surface area contributed by atoms with E-state index < -0.39 is 0 Å². The van der Waals surface area contributed by atoms with Crippen LogP contribution in [0.3, 0.4) is 0 Å². The van der Waals surface area contributed by atoms with Gasteiger partial charge < -0.3 is 15.0 Å². The number of nitrogens with zero attached hydrogens (tertiary/aromatic N) is 3. The zero-order chi connectivity index (χ0) is 23.0. The Balaban J connectivity index is 1.24. The van der Waals surface area contributed by atoms with Gasteiger partial charge in [-0.1, -0.05) is 6.07 Å². The Bertz CT molecular complexity index is 911. The number of carbonyl (C=O) groups is 2. The lowest BCUT2D eigenvalue weighted by Gasteiger charge is -2.33. The molecule has 0 bridgehead atoms. The standard InChI is InChI=1S/C26H34N4O3/c1-20(31)28-17-21-5-4-14-30(18-21)26(32)22-7-9-24(10-8-22)33-25-11-15-29(16-12-25)19-23-6-2-3-13-27-23/h2-3,6-10,13,21,25H,4-5,11-12,14-19H2,1H3,(H,28,31)/t21-/m0/s1. The lowest BCUT2D eigenvalue weighted by molar-refractivity contribution is -0.119. The normalized spacial score (nSPS) is 19.8. The van der Waals surface area contributed by atoms with Crippen molar-refractivity contribution in [2.24, 2.45) is 5.92 Å². The van der Waals surface area contributed by atoms with Gasteiger partial charge in [0.15, 0.2) is 0 Å². The maximum absolute atomic E-state index is 13.0. The van der Waals surface area contributed by atoms with E-state index in [0.29, 0.717) is 24.6 Å². The molecule has 2 amide bonds. The molecule has 33 heavy (non-hydrogen) atoms. The predicted octanol–water partition coefficient (Wildman–Crippen LogP) is 3.11. The minimum Gasteiger partial charge on any atom is -0.490 e. The Labute approximate surface area is 196 Å². The van der Waals surface area contributed by atoms with Crippen LogP contribution in [0.4, 0.5) is 0 Å². The first-order chi connectivity index (χ1) is 16.1. The molecule has 7 heteroatoms. The number of benzene rings is 1. The monoisotopic (exact) mass is 450 g/mol. The number of nitrogens with one attached hydrogen (secondary N) is 1. The third kappa shape index (κ3) is 6.78. The van der Waals surface area contributed by atoms with Crippen LogP contribution in [-0.2, 0) is 11.3 Å². The molecule has 1 aromatic carbocycles. The maximum atomic E-state index is 13.0. The van der Waals surface area contributed by atoms with Crippen LogP contribution in [0.1, 0.15) is 48.7 Å². The summed E-state index contributed by atoms with van der Waals surface area (Å²) < 4.78 is 6.20. The van der Waals surface area contributed by atoms with Gasteiger partial charge in [0, 0.05) is 58.0 Å². The molecule has 0 aliphatic carbocycles. The molecule has 0 radical (unpaired) electrons. The van der Waals surface area contributed by atoms with E-state index in [1.54, 1.807) is 0 Å². The fraction of sp³-hybridized carbons (Fsp3) is 0.500. The highest BCUT2D eigenvalue weighted by Gasteiger charge is 2.25. The molecule has 0 spiro atoms. The number of ether oxygens (including phenoxy) is 1. The van der Waals surface area contributed by atoms with Crippen LogP contribution in [0, 0.1) is 5.92 Å². The highest BCUT2D eigenvalue weighted by atomic mass is 16.5. The summed E-state index contributed by atoms with van der Waals surface area (Å²) in [5.41, 5.74) is 1.79. The number of piperidine rings is 2. The molecule has 4 rings (SSSR count). The van der Waals surface area contributed by atoms with Crippen molar-refractivity contribution in [3.8, 4) is 5.75 Å². The summed E-state index contributed by atoms with van der Waals surface area (Å²) in [4.78, 5) is 32.9. The van der Waals surface area contributed by atoms with Crippen molar-refractivity contribution in [2.75, 3.05) is 32.7 Å². The Morgan fingerprint density at radius 1 is 1.06 bits per heavy atom. The van der Waals surface area contributed by atoms with E-state index in [1.165, 1.54) is 6.92 Å². The number of aromatic nitrogens is 1. The fourth-order valence-electron chi connectivity index (χ4n) is 4.66. The van der Waals surface area contributed by atoms with Gasteiger partial charge in [-0.05, 0) is 68.0 Å². The van der Waals surface area contributed by atoms with Gasteiger partial charge in [-0.2, -0.15) is 0 Å². The Morgan fingerprint density at radius 3 is 2.55 bits per heavy atom. The van der Waals surface area contributed by atoms with Crippen molar-refractivity contribution >= 4 is 11.8 Å². The van der Waals surface area contributed by atoms with E-state index in [2.05, 4.69) is 21.3 Å². The number of rotatable bonds is 7. The average molecular weight is 451 g/mol. The van der Waals surface area contributed by atoms with Crippen LogP contribution in [0.25, 0.3) is 0 Å². The summed E-state index contributed by atoms with van der Waals surface area (Å²) in [6.45, 7) is 6.48. The van der Waals surface area contributed by atoms with E-state index >= 15 is 0 Å². The number of pyridine rings is 1. The largest absolute Gasteiger partial charge is 0.490 e. The smallest absolute Gasteiger partial charge is 0.253 e. The van der Waals surface area contributed by atoms with Crippen molar-refractivity contribution in [3.63, 3.8) is 0 Å². The molecule has 0 unspecified atom stereocenters. The van der Waals surface area contributed by atoms with Gasteiger partial charge in [0.2, 0.25) is 5.91 Å². The SMILES string of the molecule is CC(=O)NC[C@@H]1CCCN(C(=O)c2ccc(OC3CCN(Cc4ccccn4)CC3)cc2)C1. The lowest BCUT2D eigenvalue weighted by Crippen LogP contribution is -2.43. The average Bonchev–Trinajstić information content (AvgIpc) is 2.85. The first-order valence-corrected chi connectivity index (χ1v) is 12.0. The van der Waals surface area contributed by atoms with Gasteiger partial charge in [0.05, 0.1) is 5.69 Å². The molecule has 1 aromatic heterocycles. The quantitative estimate of drug-likeness (QED) is 0.702. The second-order valence-corrected chi connectivity index (χ2v) is 9.14. The second-order valence-electron chi connectivity index (χ2n) is 9.14. The number of likely N-dealkylation sites (tertiary alicyclic amines) is 2. The molecule has 176 valence electrons. The molecular weight excluding hydrogens is 416 g/mol. The summed E-state index contributed by atoms with van der Waals surface area (Å²) >= 11 is 0. The summed E-state index contributed by atoms with van der Waals surface area (Å²) in [5.74, 6) is 1.17. The van der Waals surface area contributed by atoms with Crippen molar-refractivity contribution in [2.45, 2.75) is 45.3 Å². The van der Waals surface area contributed by atoms with Gasteiger partial charge in [-0.15, -0.1) is 0 Å². The van der Waals surface area contributed by atoms with Crippen LogP contribution in [0.15, 0.2) is 48.7 Å². The first-order valence-electron chi connectivity index (χ1n) is 12.0. The minimum absolute atomic E-state index is 0.0204. The number of hydrogen-bond acceptors (Lipinski definition) is 5. The van der Waals surface area contributed by atoms with E-state index in [0.717, 1.165) is 63.3 Å². The highest BCUT2D eigenvalue weighted by Crippen LogP contribution is 2.22. The number of carbonyl (C=O) groups excluding carboxylic acids is 2. The van der Waals surface area contributed by atoms with Crippen molar-refractivity contribution in [1.29, 1.82) is 0 Å². The molecule has 2 saturated heterocycles. The summed E-state index contributed by atoms with van der Waals surface area (Å²) in [5, 5.41) is 2.88. The van der Waals surface area contributed by atoms with Crippen LogP contribution in [0.2, 0.25) is 0 Å². The molecular formula is C26H34N4O3. The minimum atomic E-state index is -0.0204. The van der Waals surface area contributed by atoms with Gasteiger partial charge in [-0.3, -0.25) is 19.5 Å². The van der Waals surface area contributed by atoms with Crippen LogP contribution < -0.4 is 10.1 Å². The summed E-state index contributed by atoms with van der Waals surface area (Å²) in [7, 11) is 0. The van der Waals surface area contributed by atoms with Gasteiger partial charge in [-0.25, -0.2) is 0 Å². The zero-order valence-electron chi connectivity index (χ0n) is 19.4. The molecule has 0 saturated carbocycles. The molecule has 7 nitrogen and oxygen atoms in total. The first kappa shape index (κ1) is 23.2. The van der Waals surface area contributed by atoms with Crippen molar-refractivity contribution in [1.82, 2.24) is 20.1 Å². The van der Waals surface area contributed by atoms with Crippen molar-refractivity contribution < 1.29 is 14.3 Å². The third-order valence-corrected chi connectivity index (χ3v) is 6.50. The number of hydrogen-bond donors (Lipinski definition) is 1.